The molecule has 0 spiro atoms. The molecule has 1 aromatic heterocycles. The number of hydrogen-bond acceptors (Lipinski definition) is 4. The van der Waals surface area contributed by atoms with Gasteiger partial charge in [-0.2, -0.15) is 0 Å². The molecule has 0 aliphatic carbocycles. The van der Waals surface area contributed by atoms with Crippen LogP contribution in [0.5, 0.6) is 11.5 Å². The van der Waals surface area contributed by atoms with Gasteiger partial charge in [0.25, 0.3) is 0 Å². The summed E-state index contributed by atoms with van der Waals surface area (Å²) in [5.74, 6) is 1.54. The Kier molecular flexibility index (Phi) is 5.64. The van der Waals surface area contributed by atoms with E-state index < -0.39 is 0 Å². The van der Waals surface area contributed by atoms with Crippen molar-refractivity contribution in [3.05, 3.63) is 66.4 Å². The van der Waals surface area contributed by atoms with Crippen molar-refractivity contribution in [3.8, 4) is 11.5 Å². The fraction of sp³-hybridized carbons (Fsp3) is 0.250. The lowest BCUT2D eigenvalue weighted by Gasteiger charge is -2.10. The smallest absolute Gasteiger partial charge is 0.161 e. The van der Waals surface area contributed by atoms with Crippen LogP contribution in [0, 0.1) is 0 Å². The summed E-state index contributed by atoms with van der Waals surface area (Å²) in [5.41, 5.74) is 2.15. The average molecular weight is 322 g/mol. The molecule has 1 N–H and O–H groups in total. The second kappa shape index (κ2) is 8.31. The molecule has 0 radical (unpaired) electrons. The monoisotopic (exact) mass is 322 g/mol. The maximum Gasteiger partial charge on any atom is 0.161 e. The molecule has 1 heterocycles. The highest BCUT2D eigenvalue weighted by molar-refractivity contribution is 5.78. The van der Waals surface area contributed by atoms with Gasteiger partial charge in [0.15, 0.2) is 11.5 Å². The Labute approximate surface area is 142 Å². The fourth-order valence-electron chi connectivity index (χ4n) is 2.56. The first kappa shape index (κ1) is 16.3. The van der Waals surface area contributed by atoms with E-state index in [1.807, 2.05) is 42.5 Å². The summed E-state index contributed by atoms with van der Waals surface area (Å²) in [6.07, 6.45) is 0.902. The Balaban J connectivity index is 1.40. The van der Waals surface area contributed by atoms with Gasteiger partial charge < -0.3 is 14.8 Å². The lowest BCUT2D eigenvalue weighted by molar-refractivity contribution is 0.292. The van der Waals surface area contributed by atoms with Gasteiger partial charge in [0.05, 0.1) is 12.6 Å². The quantitative estimate of drug-likeness (QED) is 0.645. The zero-order chi connectivity index (χ0) is 16.6. The van der Waals surface area contributed by atoms with Crippen molar-refractivity contribution in [3.63, 3.8) is 0 Å². The molecule has 4 nitrogen and oxygen atoms in total. The second-order valence-electron chi connectivity index (χ2n) is 5.49. The number of methoxy groups -OCH3 is 1. The number of pyridine rings is 1. The molecule has 4 heteroatoms. The molecule has 2 aromatic carbocycles. The normalized spacial score (nSPS) is 10.7. The Morgan fingerprint density at radius 2 is 1.67 bits per heavy atom. The van der Waals surface area contributed by atoms with Crippen LogP contribution >= 0.6 is 0 Å². The minimum atomic E-state index is 0.603. The van der Waals surface area contributed by atoms with Crippen LogP contribution in [0.1, 0.15) is 5.69 Å². The Bertz CT molecular complexity index is 789. The standard InChI is InChI=1S/C20H22N2O2/c1-23-19-8-4-5-9-20(19)24-15-14-21-13-12-17-11-10-16-6-2-3-7-18(16)22-17/h2-11,21H,12-15H2,1H3. The van der Waals surface area contributed by atoms with E-state index in [4.69, 9.17) is 9.47 Å². The number of aromatic nitrogens is 1. The first-order valence-corrected chi connectivity index (χ1v) is 8.18. The van der Waals surface area contributed by atoms with Gasteiger partial charge >= 0.3 is 0 Å². The molecule has 0 bridgehead atoms. The number of ether oxygens (including phenoxy) is 2. The van der Waals surface area contributed by atoms with Crippen LogP contribution in [0.25, 0.3) is 10.9 Å². The van der Waals surface area contributed by atoms with Crippen LogP contribution in [-0.2, 0) is 6.42 Å². The van der Waals surface area contributed by atoms with Crippen LogP contribution in [-0.4, -0.2) is 31.8 Å². The average Bonchev–Trinajstić information content (AvgIpc) is 2.64. The minimum absolute atomic E-state index is 0.603. The lowest BCUT2D eigenvalue weighted by Crippen LogP contribution is -2.23. The highest BCUT2D eigenvalue weighted by atomic mass is 16.5. The molecule has 3 aromatic rings. The van der Waals surface area contributed by atoms with E-state index in [2.05, 4.69) is 28.5 Å². The predicted octanol–water partition coefficient (Wildman–Crippen LogP) is 3.45. The third-order valence-corrected chi connectivity index (χ3v) is 3.82. The molecule has 0 atom stereocenters. The highest BCUT2D eigenvalue weighted by Crippen LogP contribution is 2.25. The van der Waals surface area contributed by atoms with Crippen molar-refractivity contribution < 1.29 is 9.47 Å². The third-order valence-electron chi connectivity index (χ3n) is 3.82. The van der Waals surface area contributed by atoms with Crippen molar-refractivity contribution in [2.45, 2.75) is 6.42 Å². The summed E-state index contributed by atoms with van der Waals surface area (Å²) in [7, 11) is 1.65. The summed E-state index contributed by atoms with van der Waals surface area (Å²) in [4.78, 5) is 4.68. The van der Waals surface area contributed by atoms with E-state index in [-0.39, 0.29) is 0 Å². The SMILES string of the molecule is COc1ccccc1OCCNCCc1ccc2ccccc2n1. The number of hydrogen-bond donors (Lipinski definition) is 1. The van der Waals surface area contributed by atoms with E-state index in [0.29, 0.717) is 6.61 Å². The van der Waals surface area contributed by atoms with Crippen molar-refractivity contribution in [1.82, 2.24) is 10.3 Å². The van der Waals surface area contributed by atoms with Gasteiger partial charge in [-0.1, -0.05) is 36.4 Å². The first-order valence-electron chi connectivity index (χ1n) is 8.18. The molecule has 0 aliphatic rings. The number of benzene rings is 2. The predicted molar refractivity (Wildman–Crippen MR) is 96.8 cm³/mol. The van der Waals surface area contributed by atoms with Gasteiger partial charge in [0.2, 0.25) is 0 Å². The number of nitrogens with zero attached hydrogens (tertiary/aromatic N) is 1. The zero-order valence-corrected chi connectivity index (χ0v) is 13.9. The molecule has 0 saturated heterocycles. The van der Waals surface area contributed by atoms with Gasteiger partial charge in [-0.15, -0.1) is 0 Å². The number of fused-ring (bicyclic) bond motifs is 1. The Morgan fingerprint density at radius 1 is 0.875 bits per heavy atom. The summed E-state index contributed by atoms with van der Waals surface area (Å²) in [6.45, 7) is 2.26. The van der Waals surface area contributed by atoms with Crippen LogP contribution in [0.2, 0.25) is 0 Å². The van der Waals surface area contributed by atoms with Gasteiger partial charge in [-0.3, -0.25) is 4.98 Å². The molecule has 24 heavy (non-hydrogen) atoms. The van der Waals surface area contributed by atoms with Crippen LogP contribution in [0.15, 0.2) is 60.7 Å². The van der Waals surface area contributed by atoms with E-state index in [1.165, 1.54) is 5.39 Å². The van der Waals surface area contributed by atoms with Crippen LogP contribution in [0.4, 0.5) is 0 Å². The van der Waals surface area contributed by atoms with Gasteiger partial charge in [0, 0.05) is 30.6 Å². The zero-order valence-electron chi connectivity index (χ0n) is 13.9. The van der Waals surface area contributed by atoms with Crippen molar-refractivity contribution in [2.24, 2.45) is 0 Å². The molecule has 0 unspecified atom stereocenters. The molecule has 3 rings (SSSR count). The van der Waals surface area contributed by atoms with E-state index in [9.17, 15) is 0 Å². The molecular weight excluding hydrogens is 300 g/mol. The first-order chi connectivity index (χ1) is 11.9. The lowest BCUT2D eigenvalue weighted by atomic mass is 10.2. The Hall–Kier alpha value is -2.59. The van der Waals surface area contributed by atoms with Crippen molar-refractivity contribution in [2.75, 3.05) is 26.8 Å². The topological polar surface area (TPSA) is 43.4 Å². The summed E-state index contributed by atoms with van der Waals surface area (Å²) < 4.78 is 11.0. The van der Waals surface area contributed by atoms with E-state index in [0.717, 1.165) is 42.2 Å². The molecular formula is C20H22N2O2. The molecule has 124 valence electrons. The van der Waals surface area contributed by atoms with Gasteiger partial charge in [0.1, 0.15) is 6.61 Å². The van der Waals surface area contributed by atoms with E-state index >= 15 is 0 Å². The molecule has 0 fully saturated rings. The second-order valence-corrected chi connectivity index (χ2v) is 5.49. The summed E-state index contributed by atoms with van der Waals surface area (Å²) >= 11 is 0. The van der Waals surface area contributed by atoms with E-state index in [1.54, 1.807) is 7.11 Å². The summed E-state index contributed by atoms with van der Waals surface area (Å²) in [6, 6.07) is 20.1. The van der Waals surface area contributed by atoms with Gasteiger partial charge in [-0.05, 0) is 24.3 Å². The van der Waals surface area contributed by atoms with Crippen LogP contribution in [0.3, 0.4) is 0 Å². The number of para-hydroxylation sites is 3. The fourth-order valence-corrected chi connectivity index (χ4v) is 2.56. The highest BCUT2D eigenvalue weighted by Gasteiger charge is 2.02. The summed E-state index contributed by atoms with van der Waals surface area (Å²) in [5, 5.41) is 4.56. The van der Waals surface area contributed by atoms with Crippen molar-refractivity contribution >= 4 is 10.9 Å². The molecule has 0 amide bonds. The maximum atomic E-state index is 5.73. The Morgan fingerprint density at radius 3 is 2.54 bits per heavy atom. The molecule has 0 aliphatic heterocycles. The minimum Gasteiger partial charge on any atom is -0.493 e. The number of rotatable bonds is 8. The number of nitrogens with one attached hydrogen (secondary N) is 1. The van der Waals surface area contributed by atoms with Crippen LogP contribution < -0.4 is 14.8 Å². The molecule has 0 saturated carbocycles. The maximum absolute atomic E-state index is 5.73. The van der Waals surface area contributed by atoms with Gasteiger partial charge in [-0.25, -0.2) is 0 Å². The largest absolute Gasteiger partial charge is 0.493 e. The van der Waals surface area contributed by atoms with Crippen molar-refractivity contribution in [1.29, 1.82) is 0 Å². The third kappa shape index (κ3) is 4.24.